The van der Waals surface area contributed by atoms with Gasteiger partial charge in [-0.25, -0.2) is 0 Å². The molecule has 1 heterocycles. The summed E-state index contributed by atoms with van der Waals surface area (Å²) in [5, 5.41) is 15.3. The van der Waals surface area contributed by atoms with Crippen LogP contribution in [0.2, 0.25) is 0 Å². The highest BCUT2D eigenvalue weighted by Crippen LogP contribution is 1.95. The lowest BCUT2D eigenvalue weighted by atomic mass is 10.2. The van der Waals surface area contributed by atoms with Crippen LogP contribution >= 0.6 is 0 Å². The first-order valence-corrected chi connectivity index (χ1v) is 4.62. The number of aryl methyl sites for hydroxylation is 1. The lowest BCUT2D eigenvalue weighted by molar-refractivity contribution is 0.371. The van der Waals surface area contributed by atoms with Gasteiger partial charge in [-0.1, -0.05) is 5.16 Å². The van der Waals surface area contributed by atoms with Gasteiger partial charge in [-0.15, -0.1) is 0 Å². The number of hydrogen-bond donors (Lipinski definition) is 1. The zero-order valence-corrected chi connectivity index (χ0v) is 8.45. The summed E-state index contributed by atoms with van der Waals surface area (Å²) in [4.78, 5) is 4.06. The van der Waals surface area contributed by atoms with Crippen LogP contribution in [-0.4, -0.2) is 23.2 Å². The van der Waals surface area contributed by atoms with Crippen LogP contribution in [0.3, 0.4) is 0 Å². The third-order valence-corrected chi connectivity index (χ3v) is 1.76. The van der Waals surface area contributed by atoms with Crippen molar-refractivity contribution in [1.82, 2.24) is 15.5 Å². The van der Waals surface area contributed by atoms with Gasteiger partial charge in [-0.2, -0.15) is 10.2 Å². The molecule has 0 aromatic carbocycles. The fourth-order valence-corrected chi connectivity index (χ4v) is 1.00. The molecule has 1 atom stereocenters. The van der Waals surface area contributed by atoms with Crippen LogP contribution in [0.15, 0.2) is 4.52 Å². The van der Waals surface area contributed by atoms with Crippen LogP contribution in [0.4, 0.5) is 0 Å². The molecule has 0 amide bonds. The predicted octanol–water partition coefficient (Wildman–Crippen LogP) is 0.670. The van der Waals surface area contributed by atoms with E-state index < -0.39 is 0 Å². The summed E-state index contributed by atoms with van der Waals surface area (Å²) < 4.78 is 4.93. The maximum Gasteiger partial charge on any atom is 0.227 e. The molecule has 5 nitrogen and oxygen atoms in total. The molecule has 0 aliphatic rings. The minimum Gasteiger partial charge on any atom is -0.339 e. The normalized spacial score (nSPS) is 12.4. The van der Waals surface area contributed by atoms with Gasteiger partial charge in [-0.3, -0.25) is 0 Å². The lowest BCUT2D eigenvalue weighted by Crippen LogP contribution is -2.22. The van der Waals surface area contributed by atoms with Gasteiger partial charge >= 0.3 is 0 Å². The topological polar surface area (TPSA) is 74.7 Å². The number of nitrogens with zero attached hydrogens (tertiary/aromatic N) is 3. The summed E-state index contributed by atoms with van der Waals surface area (Å²) in [5.41, 5.74) is 0. The Morgan fingerprint density at radius 3 is 3.00 bits per heavy atom. The highest BCUT2D eigenvalue weighted by Gasteiger charge is 2.02. The van der Waals surface area contributed by atoms with E-state index >= 15 is 0 Å². The second-order valence-electron chi connectivity index (χ2n) is 3.22. The molecule has 0 spiro atoms. The van der Waals surface area contributed by atoms with Gasteiger partial charge in [0.1, 0.15) is 0 Å². The molecule has 0 fully saturated rings. The molecule has 0 saturated heterocycles. The highest BCUT2D eigenvalue weighted by molar-refractivity contribution is 4.84. The third kappa shape index (κ3) is 3.54. The van der Waals surface area contributed by atoms with E-state index in [2.05, 4.69) is 21.5 Å². The molecule has 1 unspecified atom stereocenters. The monoisotopic (exact) mass is 194 g/mol. The summed E-state index contributed by atoms with van der Waals surface area (Å²) in [6.07, 6.45) is 0.707. The number of nitrogens with one attached hydrogen (secondary N) is 1. The van der Waals surface area contributed by atoms with Gasteiger partial charge in [0, 0.05) is 19.5 Å². The van der Waals surface area contributed by atoms with E-state index in [0.717, 1.165) is 6.54 Å². The summed E-state index contributed by atoms with van der Waals surface area (Å²) in [5.74, 6) is 1.34. The second kappa shape index (κ2) is 5.35. The zero-order valence-electron chi connectivity index (χ0n) is 8.45. The van der Waals surface area contributed by atoms with E-state index in [1.807, 2.05) is 6.92 Å². The SMILES string of the molecule is Cc1noc(CCNCC(C)C#N)n1. The van der Waals surface area contributed by atoms with Crippen molar-refractivity contribution >= 4 is 0 Å². The average molecular weight is 194 g/mol. The first-order chi connectivity index (χ1) is 6.72. The van der Waals surface area contributed by atoms with Crippen LogP contribution in [-0.2, 0) is 6.42 Å². The number of aromatic nitrogens is 2. The van der Waals surface area contributed by atoms with E-state index in [9.17, 15) is 0 Å². The molecule has 1 aromatic rings. The maximum atomic E-state index is 8.52. The average Bonchev–Trinajstić information content (AvgIpc) is 2.58. The van der Waals surface area contributed by atoms with Gasteiger partial charge in [-0.05, 0) is 13.8 Å². The Kier molecular flexibility index (Phi) is 4.08. The molecule has 0 aliphatic heterocycles. The van der Waals surface area contributed by atoms with Gasteiger partial charge in [0.15, 0.2) is 5.82 Å². The Balaban J connectivity index is 2.14. The molecule has 1 aromatic heterocycles. The molecule has 0 aliphatic carbocycles. The fourth-order valence-electron chi connectivity index (χ4n) is 1.00. The quantitative estimate of drug-likeness (QED) is 0.697. The van der Waals surface area contributed by atoms with Crippen LogP contribution in [0.5, 0.6) is 0 Å². The second-order valence-corrected chi connectivity index (χ2v) is 3.22. The van der Waals surface area contributed by atoms with Crippen LogP contribution in [0.1, 0.15) is 18.6 Å². The molecule has 14 heavy (non-hydrogen) atoms. The van der Waals surface area contributed by atoms with Gasteiger partial charge in [0.05, 0.1) is 12.0 Å². The first-order valence-electron chi connectivity index (χ1n) is 4.62. The smallest absolute Gasteiger partial charge is 0.227 e. The van der Waals surface area contributed by atoms with Gasteiger partial charge in [0.25, 0.3) is 0 Å². The Morgan fingerprint density at radius 1 is 1.64 bits per heavy atom. The van der Waals surface area contributed by atoms with Crippen molar-refractivity contribution in [2.45, 2.75) is 20.3 Å². The van der Waals surface area contributed by atoms with Crippen molar-refractivity contribution in [2.75, 3.05) is 13.1 Å². The van der Waals surface area contributed by atoms with E-state index in [4.69, 9.17) is 9.78 Å². The predicted molar refractivity (Wildman–Crippen MR) is 50.4 cm³/mol. The molecule has 76 valence electrons. The largest absolute Gasteiger partial charge is 0.339 e. The maximum absolute atomic E-state index is 8.52. The fraction of sp³-hybridized carbons (Fsp3) is 0.667. The van der Waals surface area contributed by atoms with Crippen LogP contribution < -0.4 is 5.32 Å². The van der Waals surface area contributed by atoms with Crippen LogP contribution in [0.25, 0.3) is 0 Å². The zero-order chi connectivity index (χ0) is 10.4. The molecule has 0 saturated carbocycles. The van der Waals surface area contributed by atoms with E-state index in [-0.39, 0.29) is 5.92 Å². The van der Waals surface area contributed by atoms with Crippen molar-refractivity contribution < 1.29 is 4.52 Å². The van der Waals surface area contributed by atoms with Crippen molar-refractivity contribution in [3.8, 4) is 6.07 Å². The molecule has 0 bridgehead atoms. The van der Waals surface area contributed by atoms with Crippen molar-refractivity contribution in [3.05, 3.63) is 11.7 Å². The summed E-state index contributed by atoms with van der Waals surface area (Å²) in [6, 6.07) is 2.15. The summed E-state index contributed by atoms with van der Waals surface area (Å²) in [7, 11) is 0. The lowest BCUT2D eigenvalue weighted by Gasteiger charge is -2.02. The Hall–Kier alpha value is -1.41. The molecular formula is C9H14N4O. The summed E-state index contributed by atoms with van der Waals surface area (Å²) in [6.45, 7) is 5.12. The van der Waals surface area contributed by atoms with Crippen molar-refractivity contribution in [1.29, 1.82) is 5.26 Å². The van der Waals surface area contributed by atoms with E-state index in [1.54, 1.807) is 6.92 Å². The number of nitriles is 1. The number of hydrogen-bond acceptors (Lipinski definition) is 5. The molecule has 1 rings (SSSR count). The highest BCUT2D eigenvalue weighted by atomic mass is 16.5. The van der Waals surface area contributed by atoms with E-state index in [0.29, 0.717) is 24.7 Å². The standard InChI is InChI=1S/C9H14N4O/c1-7(5-10)6-11-4-3-9-12-8(2)13-14-9/h7,11H,3-4,6H2,1-2H3. The molecular weight excluding hydrogens is 180 g/mol. The van der Waals surface area contributed by atoms with Crippen molar-refractivity contribution in [3.63, 3.8) is 0 Å². The van der Waals surface area contributed by atoms with E-state index in [1.165, 1.54) is 0 Å². The third-order valence-electron chi connectivity index (χ3n) is 1.76. The van der Waals surface area contributed by atoms with Crippen LogP contribution in [0, 0.1) is 24.2 Å². The molecule has 1 N–H and O–H groups in total. The Morgan fingerprint density at radius 2 is 2.43 bits per heavy atom. The Bertz CT molecular complexity index is 315. The summed E-state index contributed by atoms with van der Waals surface area (Å²) >= 11 is 0. The molecule has 0 radical (unpaired) electrons. The van der Waals surface area contributed by atoms with Gasteiger partial charge < -0.3 is 9.84 Å². The van der Waals surface area contributed by atoms with Gasteiger partial charge in [0.2, 0.25) is 5.89 Å². The Labute approximate surface area is 83.1 Å². The minimum atomic E-state index is 0.0411. The molecule has 5 heteroatoms. The first kappa shape index (κ1) is 10.7. The number of rotatable bonds is 5. The minimum absolute atomic E-state index is 0.0411. The van der Waals surface area contributed by atoms with Crippen molar-refractivity contribution in [2.24, 2.45) is 5.92 Å².